The summed E-state index contributed by atoms with van der Waals surface area (Å²) in [7, 11) is 0. The maximum absolute atomic E-state index is 10.7. The third kappa shape index (κ3) is 1.55. The summed E-state index contributed by atoms with van der Waals surface area (Å²) >= 11 is 3.19. The highest BCUT2D eigenvalue weighted by molar-refractivity contribution is 9.10. The predicted molar refractivity (Wildman–Crippen MR) is 50.8 cm³/mol. The molecular formula is C9H10BrNO2. The summed E-state index contributed by atoms with van der Waals surface area (Å²) in [5.74, 6) is 1.17. The van der Waals surface area contributed by atoms with Crippen molar-refractivity contribution in [2.24, 2.45) is 0 Å². The Balaban J connectivity index is 2.32. The average molecular weight is 244 g/mol. The van der Waals surface area contributed by atoms with Crippen LogP contribution in [0.4, 0.5) is 0 Å². The zero-order valence-electron chi connectivity index (χ0n) is 7.12. The smallest absolute Gasteiger partial charge is 0.160 e. The van der Waals surface area contributed by atoms with Crippen LogP contribution >= 0.6 is 15.9 Å². The molecule has 0 radical (unpaired) electrons. The Labute approximate surface area is 84.6 Å². The molecule has 1 heterocycles. The van der Waals surface area contributed by atoms with Gasteiger partial charge in [-0.25, -0.2) is 0 Å². The number of hydrogen-bond acceptors (Lipinski definition) is 3. The molecule has 0 atom stereocenters. The van der Waals surface area contributed by atoms with Crippen molar-refractivity contribution in [2.45, 2.75) is 31.6 Å². The van der Waals surface area contributed by atoms with Crippen LogP contribution in [0.3, 0.4) is 0 Å². The van der Waals surface area contributed by atoms with Gasteiger partial charge >= 0.3 is 0 Å². The molecule has 0 amide bonds. The molecule has 1 aromatic heterocycles. The molecule has 0 spiro atoms. The average Bonchev–Trinajstić information content (AvgIpc) is 2.71. The van der Waals surface area contributed by atoms with Crippen LogP contribution in [0, 0.1) is 0 Å². The van der Waals surface area contributed by atoms with Gasteiger partial charge in [0.15, 0.2) is 16.6 Å². The van der Waals surface area contributed by atoms with Gasteiger partial charge < -0.3 is 4.52 Å². The van der Waals surface area contributed by atoms with Gasteiger partial charge in [0, 0.05) is 5.92 Å². The van der Waals surface area contributed by atoms with Crippen LogP contribution in [0.15, 0.2) is 9.13 Å². The quantitative estimate of drug-likeness (QED) is 0.751. The van der Waals surface area contributed by atoms with E-state index >= 15 is 0 Å². The minimum atomic E-state index is 0.402. The van der Waals surface area contributed by atoms with Crippen LogP contribution in [-0.4, -0.2) is 11.4 Å². The number of aromatic nitrogens is 1. The molecule has 1 fully saturated rings. The maximum Gasteiger partial charge on any atom is 0.160 e. The maximum atomic E-state index is 10.7. The van der Waals surface area contributed by atoms with E-state index in [2.05, 4.69) is 21.1 Å². The molecule has 1 aliphatic rings. The number of halogens is 1. The second kappa shape index (κ2) is 3.62. The fraction of sp³-hybridized carbons (Fsp3) is 0.556. The van der Waals surface area contributed by atoms with Gasteiger partial charge in [-0.05, 0) is 28.8 Å². The Morgan fingerprint density at radius 1 is 1.46 bits per heavy atom. The standard InChI is InChI=1S/C9H10BrNO2/c10-9-7(5-12)8(13-11-9)6-3-1-2-4-6/h5-6H,1-4H2. The fourth-order valence-corrected chi connectivity index (χ4v) is 2.24. The molecule has 13 heavy (non-hydrogen) atoms. The van der Waals surface area contributed by atoms with Crippen molar-refractivity contribution in [2.75, 3.05) is 0 Å². The molecule has 0 bridgehead atoms. The summed E-state index contributed by atoms with van der Waals surface area (Å²) in [4.78, 5) is 10.7. The third-order valence-corrected chi connectivity index (χ3v) is 3.13. The zero-order chi connectivity index (χ0) is 9.26. The number of nitrogens with zero attached hydrogens (tertiary/aromatic N) is 1. The second-order valence-electron chi connectivity index (χ2n) is 3.35. The zero-order valence-corrected chi connectivity index (χ0v) is 8.71. The lowest BCUT2D eigenvalue weighted by atomic mass is 10.0. The molecule has 1 aliphatic carbocycles. The minimum Gasteiger partial charge on any atom is -0.359 e. The molecule has 0 saturated heterocycles. The Morgan fingerprint density at radius 2 is 2.15 bits per heavy atom. The lowest BCUT2D eigenvalue weighted by Crippen LogP contribution is -1.94. The monoisotopic (exact) mass is 243 g/mol. The molecule has 4 heteroatoms. The number of hydrogen-bond donors (Lipinski definition) is 0. The van der Waals surface area contributed by atoms with Crippen LogP contribution in [0.2, 0.25) is 0 Å². The van der Waals surface area contributed by atoms with Crippen molar-refractivity contribution < 1.29 is 9.32 Å². The van der Waals surface area contributed by atoms with Gasteiger partial charge in [-0.15, -0.1) is 0 Å². The SMILES string of the molecule is O=Cc1c(Br)noc1C1CCCC1. The minimum absolute atomic E-state index is 0.402. The summed E-state index contributed by atoms with van der Waals surface area (Å²) < 4.78 is 5.67. The first kappa shape index (κ1) is 8.94. The number of carbonyl (C=O) groups excluding carboxylic acids is 1. The highest BCUT2D eigenvalue weighted by Gasteiger charge is 2.25. The van der Waals surface area contributed by atoms with E-state index in [0.717, 1.165) is 24.9 Å². The van der Waals surface area contributed by atoms with Gasteiger partial charge in [-0.1, -0.05) is 18.0 Å². The van der Waals surface area contributed by atoms with Crippen molar-refractivity contribution in [1.82, 2.24) is 5.16 Å². The first-order chi connectivity index (χ1) is 6.33. The van der Waals surface area contributed by atoms with E-state index in [4.69, 9.17) is 4.52 Å². The number of rotatable bonds is 2. The van der Waals surface area contributed by atoms with Crippen molar-refractivity contribution in [3.8, 4) is 0 Å². The molecule has 0 aromatic carbocycles. The second-order valence-corrected chi connectivity index (χ2v) is 4.10. The lowest BCUT2D eigenvalue weighted by Gasteiger charge is -2.02. The fourth-order valence-electron chi connectivity index (χ4n) is 1.88. The van der Waals surface area contributed by atoms with Gasteiger partial charge in [0.2, 0.25) is 0 Å². The van der Waals surface area contributed by atoms with E-state index in [-0.39, 0.29) is 0 Å². The van der Waals surface area contributed by atoms with E-state index in [1.165, 1.54) is 12.8 Å². The van der Waals surface area contributed by atoms with Crippen molar-refractivity contribution >= 4 is 22.2 Å². The third-order valence-electron chi connectivity index (χ3n) is 2.56. The van der Waals surface area contributed by atoms with Crippen molar-refractivity contribution in [1.29, 1.82) is 0 Å². The Kier molecular flexibility index (Phi) is 2.49. The largest absolute Gasteiger partial charge is 0.359 e. The highest BCUT2D eigenvalue weighted by Crippen LogP contribution is 2.37. The van der Waals surface area contributed by atoms with Gasteiger partial charge in [-0.2, -0.15) is 0 Å². The van der Waals surface area contributed by atoms with Gasteiger partial charge in [0.25, 0.3) is 0 Å². The molecular weight excluding hydrogens is 234 g/mol. The van der Waals surface area contributed by atoms with Crippen molar-refractivity contribution in [3.63, 3.8) is 0 Å². The molecule has 0 aliphatic heterocycles. The van der Waals surface area contributed by atoms with E-state index in [1.54, 1.807) is 0 Å². The lowest BCUT2D eigenvalue weighted by molar-refractivity contribution is 0.112. The Bertz CT molecular complexity index is 315. The van der Waals surface area contributed by atoms with Gasteiger partial charge in [-0.3, -0.25) is 4.79 Å². The van der Waals surface area contributed by atoms with Crippen LogP contribution in [0.25, 0.3) is 0 Å². The van der Waals surface area contributed by atoms with E-state index in [1.807, 2.05) is 0 Å². The van der Waals surface area contributed by atoms with E-state index in [0.29, 0.717) is 16.1 Å². The summed E-state index contributed by atoms with van der Waals surface area (Å²) in [6.45, 7) is 0. The number of aldehydes is 1. The molecule has 0 N–H and O–H groups in total. The Hall–Kier alpha value is -0.640. The molecule has 2 rings (SSSR count). The summed E-state index contributed by atoms with van der Waals surface area (Å²) in [5, 5.41) is 3.74. The molecule has 3 nitrogen and oxygen atoms in total. The number of carbonyl (C=O) groups is 1. The Morgan fingerprint density at radius 3 is 2.77 bits per heavy atom. The highest BCUT2D eigenvalue weighted by atomic mass is 79.9. The molecule has 1 aromatic rings. The molecule has 0 unspecified atom stereocenters. The normalized spacial score (nSPS) is 17.9. The summed E-state index contributed by atoms with van der Waals surface area (Å²) in [5.41, 5.74) is 0.590. The van der Waals surface area contributed by atoms with Crippen LogP contribution in [0.1, 0.15) is 47.7 Å². The first-order valence-electron chi connectivity index (χ1n) is 4.43. The van der Waals surface area contributed by atoms with Gasteiger partial charge in [0.1, 0.15) is 0 Å². The van der Waals surface area contributed by atoms with E-state index < -0.39 is 0 Å². The summed E-state index contributed by atoms with van der Waals surface area (Å²) in [6.07, 6.45) is 5.49. The van der Waals surface area contributed by atoms with Crippen molar-refractivity contribution in [3.05, 3.63) is 15.9 Å². The van der Waals surface area contributed by atoms with Crippen LogP contribution in [-0.2, 0) is 0 Å². The van der Waals surface area contributed by atoms with Crippen LogP contribution in [0.5, 0.6) is 0 Å². The van der Waals surface area contributed by atoms with E-state index in [9.17, 15) is 4.79 Å². The summed E-state index contributed by atoms with van der Waals surface area (Å²) in [6, 6.07) is 0. The molecule has 1 saturated carbocycles. The first-order valence-corrected chi connectivity index (χ1v) is 5.22. The predicted octanol–water partition coefficient (Wildman–Crippen LogP) is 2.91. The van der Waals surface area contributed by atoms with Gasteiger partial charge in [0.05, 0.1) is 5.56 Å². The molecule has 70 valence electrons. The topological polar surface area (TPSA) is 43.1 Å². The van der Waals surface area contributed by atoms with Crippen LogP contribution < -0.4 is 0 Å².